The van der Waals surface area contributed by atoms with Gasteiger partial charge in [0, 0.05) is 26.7 Å². The van der Waals surface area contributed by atoms with Crippen LogP contribution in [0.2, 0.25) is 10.0 Å². The average Bonchev–Trinajstić information content (AvgIpc) is 2.40. The van der Waals surface area contributed by atoms with Crippen LogP contribution in [0.25, 0.3) is 0 Å². The molecule has 1 aromatic heterocycles. The molecule has 0 fully saturated rings. The number of rotatable bonds is 7. The van der Waals surface area contributed by atoms with Gasteiger partial charge in [-0.2, -0.15) is 0 Å². The van der Waals surface area contributed by atoms with Crippen LogP contribution in [0.1, 0.15) is 20.3 Å². The van der Waals surface area contributed by atoms with Crippen LogP contribution in [-0.4, -0.2) is 38.3 Å². The average molecular weight is 306 g/mol. The van der Waals surface area contributed by atoms with Gasteiger partial charge in [0.15, 0.2) is 0 Å². The molecule has 6 heteroatoms. The third-order valence-electron chi connectivity index (χ3n) is 3.08. The molecule has 1 N–H and O–H groups in total. The Morgan fingerprint density at radius 1 is 1.42 bits per heavy atom. The van der Waals surface area contributed by atoms with Gasteiger partial charge in [0.1, 0.15) is 11.6 Å². The highest BCUT2D eigenvalue weighted by atomic mass is 35.5. The lowest BCUT2D eigenvalue weighted by Gasteiger charge is -2.30. The van der Waals surface area contributed by atoms with Crippen LogP contribution in [0.3, 0.4) is 0 Å². The smallest absolute Gasteiger partial charge is 0.150 e. The zero-order valence-electron chi connectivity index (χ0n) is 11.8. The van der Waals surface area contributed by atoms with E-state index in [9.17, 15) is 0 Å². The molecule has 1 unspecified atom stereocenters. The molecule has 0 saturated heterocycles. The second kappa shape index (κ2) is 7.78. The van der Waals surface area contributed by atoms with E-state index in [0.29, 0.717) is 28.5 Å². The Kier molecular flexibility index (Phi) is 6.69. The lowest BCUT2D eigenvalue weighted by atomic mass is 10.2. The van der Waals surface area contributed by atoms with Crippen LogP contribution < -0.4 is 10.2 Å². The number of halogens is 2. The van der Waals surface area contributed by atoms with Crippen molar-refractivity contribution < 1.29 is 4.74 Å². The summed E-state index contributed by atoms with van der Waals surface area (Å²) in [4.78, 5) is 6.65. The molecule has 0 aliphatic carbocycles. The topological polar surface area (TPSA) is 37.4 Å². The van der Waals surface area contributed by atoms with E-state index in [4.69, 9.17) is 27.9 Å². The molecule has 1 aromatic rings. The van der Waals surface area contributed by atoms with Crippen LogP contribution in [-0.2, 0) is 4.74 Å². The summed E-state index contributed by atoms with van der Waals surface area (Å²) in [5, 5.41) is 4.05. The zero-order chi connectivity index (χ0) is 14.4. The first-order chi connectivity index (χ1) is 9.04. The van der Waals surface area contributed by atoms with Crippen molar-refractivity contribution in [2.75, 3.05) is 37.5 Å². The number of nitrogens with one attached hydrogen (secondary N) is 1. The summed E-state index contributed by atoms with van der Waals surface area (Å²) in [6, 6.07) is 2.05. The number of hydrogen-bond donors (Lipinski definition) is 1. The molecule has 1 atom stereocenters. The first-order valence-corrected chi connectivity index (χ1v) is 7.10. The van der Waals surface area contributed by atoms with Gasteiger partial charge in [-0.05, 0) is 19.4 Å². The maximum absolute atomic E-state index is 6.28. The number of nitrogens with zero attached hydrogens (tertiary/aromatic N) is 2. The van der Waals surface area contributed by atoms with Gasteiger partial charge >= 0.3 is 0 Å². The quantitative estimate of drug-likeness (QED) is 0.834. The van der Waals surface area contributed by atoms with Gasteiger partial charge in [-0.15, -0.1) is 0 Å². The summed E-state index contributed by atoms with van der Waals surface area (Å²) in [6.45, 7) is 5.64. The lowest BCUT2D eigenvalue weighted by Crippen LogP contribution is -2.36. The van der Waals surface area contributed by atoms with Crippen molar-refractivity contribution in [3.63, 3.8) is 0 Å². The molecule has 108 valence electrons. The summed E-state index contributed by atoms with van der Waals surface area (Å²) in [6.07, 6.45) is 0.999. The van der Waals surface area contributed by atoms with Crippen molar-refractivity contribution in [3.05, 3.63) is 16.1 Å². The molecule has 0 bridgehead atoms. The minimum atomic E-state index is 0.325. The number of aromatic nitrogens is 1. The molecule has 0 amide bonds. The Balaban J connectivity index is 3.13. The second-order valence-electron chi connectivity index (χ2n) is 4.32. The van der Waals surface area contributed by atoms with Crippen LogP contribution in [0.5, 0.6) is 0 Å². The van der Waals surface area contributed by atoms with Gasteiger partial charge < -0.3 is 15.0 Å². The van der Waals surface area contributed by atoms with E-state index in [1.807, 2.05) is 0 Å². The number of methoxy groups -OCH3 is 1. The van der Waals surface area contributed by atoms with Crippen molar-refractivity contribution in [2.24, 2.45) is 0 Å². The fourth-order valence-corrected chi connectivity index (χ4v) is 2.34. The predicted molar refractivity (Wildman–Crippen MR) is 82.8 cm³/mol. The maximum Gasteiger partial charge on any atom is 0.150 e. The van der Waals surface area contributed by atoms with Crippen LogP contribution >= 0.6 is 23.2 Å². The van der Waals surface area contributed by atoms with Gasteiger partial charge in [-0.25, -0.2) is 4.98 Å². The molecule has 0 spiro atoms. The molecular weight excluding hydrogens is 285 g/mol. The summed E-state index contributed by atoms with van der Waals surface area (Å²) in [7, 11) is 3.47. The SMILES string of the molecule is CCC(C)N(CCOC)c1nc(NC)c(Cl)cc1Cl. The Morgan fingerprint density at radius 3 is 2.63 bits per heavy atom. The van der Waals surface area contributed by atoms with E-state index in [0.717, 1.165) is 18.8 Å². The molecule has 19 heavy (non-hydrogen) atoms. The van der Waals surface area contributed by atoms with Crippen LogP contribution in [0, 0.1) is 0 Å². The van der Waals surface area contributed by atoms with E-state index in [1.54, 1.807) is 20.2 Å². The Bertz CT molecular complexity index is 415. The third-order valence-corrected chi connectivity index (χ3v) is 3.65. The standard InChI is InChI=1S/C13H21Cl2N3O/c1-5-9(2)18(6-7-19-4)13-11(15)8-10(14)12(16-3)17-13/h8-9H,5-7H2,1-4H3,(H,16,17). The van der Waals surface area contributed by atoms with Crippen molar-refractivity contribution in [2.45, 2.75) is 26.3 Å². The van der Waals surface area contributed by atoms with Gasteiger partial charge in [-0.3, -0.25) is 0 Å². The van der Waals surface area contributed by atoms with Crippen molar-refractivity contribution in [3.8, 4) is 0 Å². The first kappa shape index (κ1) is 16.3. The molecular formula is C13H21Cl2N3O. The number of hydrogen-bond acceptors (Lipinski definition) is 4. The third kappa shape index (κ3) is 4.13. The van der Waals surface area contributed by atoms with Gasteiger partial charge in [0.2, 0.25) is 0 Å². The number of anilines is 2. The largest absolute Gasteiger partial charge is 0.383 e. The molecule has 0 saturated carbocycles. The molecule has 0 aliphatic heterocycles. The summed E-state index contributed by atoms with van der Waals surface area (Å²) >= 11 is 12.3. The zero-order valence-corrected chi connectivity index (χ0v) is 13.3. The van der Waals surface area contributed by atoms with E-state index in [-0.39, 0.29) is 0 Å². The molecule has 4 nitrogen and oxygen atoms in total. The molecule has 1 heterocycles. The number of pyridine rings is 1. The monoisotopic (exact) mass is 305 g/mol. The van der Waals surface area contributed by atoms with Crippen molar-refractivity contribution in [1.82, 2.24) is 4.98 Å². The molecule has 1 rings (SSSR count). The fraction of sp³-hybridized carbons (Fsp3) is 0.615. The van der Waals surface area contributed by atoms with E-state index in [2.05, 4.69) is 29.0 Å². The molecule has 0 aliphatic rings. The highest BCUT2D eigenvalue weighted by Crippen LogP contribution is 2.32. The molecule has 0 radical (unpaired) electrons. The highest BCUT2D eigenvalue weighted by molar-refractivity contribution is 6.37. The first-order valence-electron chi connectivity index (χ1n) is 6.34. The van der Waals surface area contributed by atoms with Gasteiger partial charge in [0.25, 0.3) is 0 Å². The minimum absolute atomic E-state index is 0.325. The number of ether oxygens (including phenoxy) is 1. The highest BCUT2D eigenvalue weighted by Gasteiger charge is 2.19. The van der Waals surface area contributed by atoms with Crippen molar-refractivity contribution in [1.29, 1.82) is 0 Å². The lowest BCUT2D eigenvalue weighted by molar-refractivity contribution is 0.203. The van der Waals surface area contributed by atoms with E-state index < -0.39 is 0 Å². The minimum Gasteiger partial charge on any atom is -0.383 e. The van der Waals surface area contributed by atoms with Gasteiger partial charge in [-0.1, -0.05) is 30.1 Å². The Morgan fingerprint density at radius 2 is 2.11 bits per heavy atom. The summed E-state index contributed by atoms with van der Waals surface area (Å²) < 4.78 is 5.15. The second-order valence-corrected chi connectivity index (χ2v) is 5.13. The Labute approximate surface area is 125 Å². The summed E-state index contributed by atoms with van der Waals surface area (Å²) in [5.41, 5.74) is 0. The fourth-order valence-electron chi connectivity index (χ4n) is 1.78. The molecule has 0 aromatic carbocycles. The predicted octanol–water partition coefficient (Wildman–Crippen LogP) is 3.68. The van der Waals surface area contributed by atoms with Crippen LogP contribution in [0.15, 0.2) is 6.07 Å². The van der Waals surface area contributed by atoms with E-state index >= 15 is 0 Å². The van der Waals surface area contributed by atoms with Crippen LogP contribution in [0.4, 0.5) is 11.6 Å². The Hall–Kier alpha value is -0.710. The van der Waals surface area contributed by atoms with Gasteiger partial charge in [0.05, 0.1) is 16.7 Å². The normalized spacial score (nSPS) is 12.3. The summed E-state index contributed by atoms with van der Waals surface area (Å²) in [5.74, 6) is 1.37. The van der Waals surface area contributed by atoms with E-state index in [1.165, 1.54) is 0 Å². The maximum atomic E-state index is 6.28. The van der Waals surface area contributed by atoms with Crippen molar-refractivity contribution >= 4 is 34.8 Å².